The summed E-state index contributed by atoms with van der Waals surface area (Å²) in [7, 11) is 4.68. The smallest absolute Gasteiger partial charge is 0.255 e. The van der Waals surface area contributed by atoms with Crippen LogP contribution in [0.2, 0.25) is 0 Å². The first-order valence-corrected chi connectivity index (χ1v) is 12.4. The van der Waals surface area contributed by atoms with Crippen LogP contribution in [0.4, 0.5) is 0 Å². The van der Waals surface area contributed by atoms with Crippen LogP contribution >= 0.6 is 0 Å². The Balaban J connectivity index is 1.72. The number of phenols is 1. The number of aliphatic hydroxyl groups is 3. The number of ether oxygens (including phenoxy) is 1. The minimum absolute atomic E-state index is 0.0167. The summed E-state index contributed by atoms with van der Waals surface area (Å²) in [6.45, 7) is 0.331. The van der Waals surface area contributed by atoms with E-state index in [4.69, 9.17) is 10.5 Å². The zero-order chi connectivity index (χ0) is 28.4. The lowest BCUT2D eigenvalue weighted by Crippen LogP contribution is -2.65. The highest BCUT2D eigenvalue weighted by Gasteiger charge is 2.64. The van der Waals surface area contributed by atoms with Crippen molar-refractivity contribution in [2.45, 2.75) is 31.1 Å². The molecule has 3 aliphatic carbocycles. The normalized spacial score (nSPS) is 26.4. The molecule has 4 atom stereocenters. The van der Waals surface area contributed by atoms with Gasteiger partial charge in [-0.15, -0.1) is 0 Å². The molecular formula is C28H29N3O8. The third-order valence-corrected chi connectivity index (χ3v) is 8.02. The number of primary amides is 1. The van der Waals surface area contributed by atoms with E-state index in [9.17, 15) is 34.8 Å². The maximum atomic E-state index is 13.9. The lowest BCUT2D eigenvalue weighted by molar-refractivity contribution is -0.153. The van der Waals surface area contributed by atoms with Crippen molar-refractivity contribution in [1.29, 1.82) is 0 Å². The van der Waals surface area contributed by atoms with Gasteiger partial charge < -0.3 is 30.9 Å². The zero-order valence-electron chi connectivity index (χ0n) is 21.6. The number of phenolic OH excluding ortho intramolecular Hbond substituents is 1. The van der Waals surface area contributed by atoms with Crippen LogP contribution in [0.25, 0.3) is 16.9 Å². The Labute approximate surface area is 223 Å². The number of amides is 1. The Morgan fingerprint density at radius 2 is 1.92 bits per heavy atom. The number of fused-ring (bicyclic) bond motifs is 3. The van der Waals surface area contributed by atoms with Gasteiger partial charge in [0.05, 0.1) is 18.2 Å². The van der Waals surface area contributed by atoms with Gasteiger partial charge in [0.2, 0.25) is 5.78 Å². The number of hydrogen-bond donors (Lipinski definition) is 5. The fraction of sp³-hybridized carbons (Fsp3) is 0.357. The summed E-state index contributed by atoms with van der Waals surface area (Å²) in [5.41, 5.74) is 4.44. The molecule has 0 radical (unpaired) electrons. The highest BCUT2D eigenvalue weighted by Crippen LogP contribution is 2.53. The van der Waals surface area contributed by atoms with Crippen LogP contribution in [0.3, 0.4) is 0 Å². The number of carbonyl (C=O) groups excluding carboxylic acids is 3. The van der Waals surface area contributed by atoms with Gasteiger partial charge in [-0.1, -0.05) is 6.07 Å². The topological polar surface area (TPSA) is 184 Å². The van der Waals surface area contributed by atoms with E-state index < -0.39 is 58.0 Å². The molecule has 0 aliphatic heterocycles. The molecule has 11 heteroatoms. The largest absolute Gasteiger partial charge is 0.508 e. The first-order valence-electron chi connectivity index (χ1n) is 12.4. The van der Waals surface area contributed by atoms with Gasteiger partial charge in [0.25, 0.3) is 5.91 Å². The third-order valence-electron chi connectivity index (χ3n) is 8.02. The number of nitrogens with zero attached hydrogens (tertiary/aromatic N) is 2. The van der Waals surface area contributed by atoms with Crippen molar-refractivity contribution >= 4 is 23.2 Å². The Kier molecular flexibility index (Phi) is 6.33. The number of aromatic nitrogens is 1. The van der Waals surface area contributed by atoms with E-state index in [0.29, 0.717) is 23.3 Å². The van der Waals surface area contributed by atoms with Crippen LogP contribution in [0.15, 0.2) is 47.5 Å². The van der Waals surface area contributed by atoms with Crippen molar-refractivity contribution in [3.63, 3.8) is 0 Å². The quantitative estimate of drug-likeness (QED) is 0.348. The Hall–Kier alpha value is -4.06. The second kappa shape index (κ2) is 9.30. The Bertz CT molecular complexity index is 1490. The average Bonchev–Trinajstić information content (AvgIpc) is 2.86. The van der Waals surface area contributed by atoms with Gasteiger partial charge in [-0.25, -0.2) is 0 Å². The van der Waals surface area contributed by atoms with Gasteiger partial charge in [-0.05, 0) is 61.7 Å². The first kappa shape index (κ1) is 26.5. The minimum Gasteiger partial charge on any atom is -0.508 e. The van der Waals surface area contributed by atoms with Crippen LogP contribution in [0.1, 0.15) is 23.1 Å². The predicted molar refractivity (Wildman–Crippen MR) is 138 cm³/mol. The number of Topliss-reactive ketones (excluding diaryl/α,β-unsaturated/α-hetero) is 2. The molecule has 2 aromatic rings. The number of aliphatic hydroxyl groups excluding tert-OH is 2. The van der Waals surface area contributed by atoms with Crippen LogP contribution in [-0.4, -0.2) is 80.6 Å². The molecule has 3 aliphatic rings. The molecule has 0 bridgehead atoms. The number of carbonyl (C=O) groups is 3. The number of hydrogen-bond acceptors (Lipinski definition) is 10. The van der Waals surface area contributed by atoms with Crippen LogP contribution in [0, 0.1) is 11.8 Å². The van der Waals surface area contributed by atoms with Crippen LogP contribution in [0.5, 0.6) is 5.75 Å². The molecule has 39 heavy (non-hydrogen) atoms. The van der Waals surface area contributed by atoms with Crippen molar-refractivity contribution in [1.82, 2.24) is 9.88 Å². The molecule has 1 fully saturated rings. The van der Waals surface area contributed by atoms with Gasteiger partial charge >= 0.3 is 0 Å². The highest BCUT2D eigenvalue weighted by molar-refractivity contribution is 6.24. The number of benzene rings is 1. The summed E-state index contributed by atoms with van der Waals surface area (Å²) in [6, 6.07) is 3.83. The molecule has 0 saturated heterocycles. The average molecular weight is 536 g/mol. The maximum Gasteiger partial charge on any atom is 0.255 e. The summed E-state index contributed by atoms with van der Waals surface area (Å²) in [4.78, 5) is 45.0. The fourth-order valence-electron chi connectivity index (χ4n) is 6.39. The highest BCUT2D eigenvalue weighted by atomic mass is 16.5. The molecule has 11 nitrogen and oxygen atoms in total. The van der Waals surface area contributed by atoms with Crippen molar-refractivity contribution in [2.75, 3.05) is 21.2 Å². The van der Waals surface area contributed by atoms with Gasteiger partial charge in [0, 0.05) is 36.6 Å². The molecule has 1 heterocycles. The van der Waals surface area contributed by atoms with Gasteiger partial charge in [0.1, 0.15) is 22.8 Å². The standard InChI is InChI=1S/C28H29N3O8/c1-31(2)22-17-8-13-7-16-15(14-6-12(11-39-3)9-30-10-14)4-5-18(32)20(16)23(33)19(13)25(35)28(17,38)26(36)21(24(22)34)27(29)37/h4-6,9-10,13,17,22,32-33,36,38H,7-8,11H2,1-3H3,(H2,29,37)/t13-,17-,22+,28-/m0/s1. The van der Waals surface area contributed by atoms with E-state index in [1.54, 1.807) is 39.7 Å². The molecule has 0 spiro atoms. The van der Waals surface area contributed by atoms with E-state index in [-0.39, 0.29) is 29.7 Å². The number of ketones is 2. The molecule has 1 aromatic heterocycles. The summed E-state index contributed by atoms with van der Waals surface area (Å²) in [6.07, 6.45) is 3.51. The molecular weight excluding hydrogens is 506 g/mol. The number of methoxy groups -OCH3 is 1. The molecule has 1 saturated carbocycles. The first-order chi connectivity index (χ1) is 18.4. The lowest BCUT2D eigenvalue weighted by Gasteiger charge is -2.50. The van der Waals surface area contributed by atoms with E-state index in [0.717, 1.165) is 5.56 Å². The van der Waals surface area contributed by atoms with Crippen molar-refractivity contribution in [3.05, 3.63) is 64.2 Å². The molecule has 1 aromatic carbocycles. The molecule has 5 rings (SSSR count). The SMILES string of the molecule is COCc1cncc(-c2ccc(O)c3c2C[C@H]2C[C@H]4[C@@H](N(C)C)C(=O)C(C(N)=O)=C(O)[C@@]4(O)C(=O)C2=C3O)c1. The lowest BCUT2D eigenvalue weighted by atomic mass is 9.57. The van der Waals surface area contributed by atoms with E-state index in [1.807, 2.05) is 6.07 Å². The molecule has 6 N–H and O–H groups in total. The number of nitrogens with two attached hydrogens (primary N) is 1. The van der Waals surface area contributed by atoms with Crippen molar-refractivity contribution in [3.8, 4) is 16.9 Å². The summed E-state index contributed by atoms with van der Waals surface area (Å²) < 4.78 is 5.21. The number of likely N-dealkylation sites (N-methyl/N-ethyl adjacent to an activating group) is 1. The Morgan fingerprint density at radius 3 is 2.56 bits per heavy atom. The zero-order valence-corrected chi connectivity index (χ0v) is 21.6. The maximum absolute atomic E-state index is 13.9. The monoisotopic (exact) mass is 535 g/mol. The molecule has 204 valence electrons. The predicted octanol–water partition coefficient (Wildman–Crippen LogP) is 1.17. The molecule has 0 unspecified atom stereocenters. The second-order valence-electron chi connectivity index (χ2n) is 10.5. The summed E-state index contributed by atoms with van der Waals surface area (Å²) in [5, 5.41) is 44.8. The van der Waals surface area contributed by atoms with Crippen LogP contribution < -0.4 is 5.73 Å². The van der Waals surface area contributed by atoms with Gasteiger partial charge in [-0.3, -0.25) is 24.3 Å². The third kappa shape index (κ3) is 3.76. The van der Waals surface area contributed by atoms with Crippen molar-refractivity contribution < 1.29 is 39.5 Å². The van der Waals surface area contributed by atoms with Crippen LogP contribution in [-0.2, 0) is 32.1 Å². The summed E-state index contributed by atoms with van der Waals surface area (Å²) >= 11 is 0. The van der Waals surface area contributed by atoms with Gasteiger partial charge in [0.15, 0.2) is 11.4 Å². The number of pyridine rings is 1. The molecule has 1 amide bonds. The number of rotatable bonds is 5. The minimum atomic E-state index is -2.67. The Morgan fingerprint density at radius 1 is 1.21 bits per heavy atom. The second-order valence-corrected chi connectivity index (χ2v) is 10.5. The van der Waals surface area contributed by atoms with Crippen molar-refractivity contribution in [2.24, 2.45) is 17.6 Å². The number of aromatic hydroxyl groups is 1. The summed E-state index contributed by atoms with van der Waals surface area (Å²) in [5.74, 6) is -6.83. The van der Waals surface area contributed by atoms with Gasteiger partial charge in [-0.2, -0.15) is 0 Å². The van der Waals surface area contributed by atoms with E-state index >= 15 is 0 Å². The fourth-order valence-corrected chi connectivity index (χ4v) is 6.39. The van der Waals surface area contributed by atoms with E-state index in [1.165, 1.54) is 11.0 Å². The van der Waals surface area contributed by atoms with E-state index in [2.05, 4.69) is 4.98 Å².